The average molecular weight is 303 g/mol. The summed E-state index contributed by atoms with van der Waals surface area (Å²) in [7, 11) is 0. The standard InChI is InChI=1S/C15H8Cl2N2O/c16-7-12-18-14-11(17)6-5-9-8-3-1-2-4-10(8)15(13(9)14)19(12)20/h1-6H,7H2. The van der Waals surface area contributed by atoms with Crippen LogP contribution in [-0.4, -0.2) is 4.98 Å². The van der Waals surface area contributed by atoms with Crippen molar-refractivity contribution >= 4 is 34.1 Å². The maximum absolute atomic E-state index is 12.5. The molecule has 1 aliphatic carbocycles. The van der Waals surface area contributed by atoms with E-state index in [4.69, 9.17) is 23.2 Å². The van der Waals surface area contributed by atoms with Crippen molar-refractivity contribution in [3.05, 3.63) is 52.5 Å². The number of rotatable bonds is 1. The molecule has 1 heterocycles. The lowest BCUT2D eigenvalue weighted by Gasteiger charge is -2.10. The molecule has 0 bridgehead atoms. The number of aromatic nitrogens is 2. The Bertz CT molecular complexity index is 877. The van der Waals surface area contributed by atoms with Gasteiger partial charge in [0.2, 0.25) is 5.52 Å². The van der Waals surface area contributed by atoms with Crippen molar-refractivity contribution in [2.75, 3.05) is 0 Å². The van der Waals surface area contributed by atoms with Crippen LogP contribution in [-0.2, 0) is 5.88 Å². The number of halogens is 2. The highest BCUT2D eigenvalue weighted by molar-refractivity contribution is 6.36. The third-order valence-electron chi connectivity index (χ3n) is 3.64. The van der Waals surface area contributed by atoms with Gasteiger partial charge in [0.15, 0.2) is 0 Å². The van der Waals surface area contributed by atoms with Gasteiger partial charge >= 0.3 is 5.82 Å². The molecule has 0 spiro atoms. The van der Waals surface area contributed by atoms with E-state index in [2.05, 4.69) is 4.98 Å². The fourth-order valence-electron chi connectivity index (χ4n) is 2.80. The second kappa shape index (κ2) is 4.08. The highest BCUT2D eigenvalue weighted by atomic mass is 35.5. The van der Waals surface area contributed by atoms with Crippen LogP contribution < -0.4 is 4.73 Å². The molecule has 0 saturated heterocycles. The molecule has 20 heavy (non-hydrogen) atoms. The Balaban J connectivity index is 2.29. The maximum Gasteiger partial charge on any atom is 0.317 e. The number of hydrogen-bond donors (Lipinski definition) is 0. The lowest BCUT2D eigenvalue weighted by atomic mass is 10.1. The Kier molecular flexibility index (Phi) is 2.43. The topological polar surface area (TPSA) is 39.8 Å². The third-order valence-corrected chi connectivity index (χ3v) is 4.18. The molecule has 0 radical (unpaired) electrons. The second-order valence-electron chi connectivity index (χ2n) is 4.67. The van der Waals surface area contributed by atoms with Gasteiger partial charge in [-0.3, -0.25) is 0 Å². The number of benzene rings is 2. The summed E-state index contributed by atoms with van der Waals surface area (Å²) in [5.41, 5.74) is 4.16. The molecule has 2 aromatic carbocycles. The largest absolute Gasteiger partial charge is 0.710 e. The first-order valence-corrected chi connectivity index (χ1v) is 7.04. The van der Waals surface area contributed by atoms with Gasteiger partial charge in [0, 0.05) is 5.56 Å². The van der Waals surface area contributed by atoms with Crippen LogP contribution in [0.4, 0.5) is 0 Å². The molecule has 0 unspecified atom stereocenters. The van der Waals surface area contributed by atoms with Gasteiger partial charge in [-0.1, -0.05) is 41.9 Å². The van der Waals surface area contributed by atoms with Crippen LogP contribution >= 0.6 is 23.2 Å². The van der Waals surface area contributed by atoms with Crippen molar-refractivity contribution in [2.45, 2.75) is 5.88 Å². The number of hydrogen-bond acceptors (Lipinski definition) is 2. The van der Waals surface area contributed by atoms with Crippen LogP contribution in [0.25, 0.3) is 33.3 Å². The van der Waals surface area contributed by atoms with Gasteiger partial charge in [-0.15, -0.1) is 11.6 Å². The Morgan fingerprint density at radius 3 is 2.55 bits per heavy atom. The fourth-order valence-corrected chi connectivity index (χ4v) is 3.17. The van der Waals surface area contributed by atoms with Gasteiger partial charge in [0.05, 0.1) is 10.4 Å². The lowest BCUT2D eigenvalue weighted by molar-refractivity contribution is -0.603. The SMILES string of the molecule is [O-][n+]1c(CCl)nc2c(Cl)ccc3c2c1-c1ccccc1-3. The molecule has 5 heteroatoms. The summed E-state index contributed by atoms with van der Waals surface area (Å²) in [5.74, 6) is 0.319. The average Bonchev–Trinajstić information content (AvgIpc) is 2.81. The monoisotopic (exact) mass is 302 g/mol. The van der Waals surface area contributed by atoms with Crippen molar-refractivity contribution in [1.82, 2.24) is 4.98 Å². The van der Waals surface area contributed by atoms with Gasteiger partial charge < -0.3 is 5.21 Å². The quantitative estimate of drug-likeness (QED) is 0.304. The zero-order chi connectivity index (χ0) is 13.9. The zero-order valence-electron chi connectivity index (χ0n) is 10.2. The number of alkyl halides is 1. The van der Waals surface area contributed by atoms with Crippen molar-refractivity contribution in [3.63, 3.8) is 0 Å². The van der Waals surface area contributed by atoms with E-state index in [9.17, 15) is 5.21 Å². The van der Waals surface area contributed by atoms with E-state index in [-0.39, 0.29) is 11.7 Å². The molecular weight excluding hydrogens is 295 g/mol. The van der Waals surface area contributed by atoms with Crippen molar-refractivity contribution in [2.24, 2.45) is 0 Å². The Morgan fingerprint density at radius 2 is 1.80 bits per heavy atom. The first-order valence-electron chi connectivity index (χ1n) is 6.12. The van der Waals surface area contributed by atoms with Crippen molar-refractivity contribution in [3.8, 4) is 22.4 Å². The summed E-state index contributed by atoms with van der Waals surface area (Å²) in [5, 5.41) is 13.8. The maximum atomic E-state index is 12.5. The van der Waals surface area contributed by atoms with E-state index in [1.54, 1.807) is 0 Å². The van der Waals surface area contributed by atoms with E-state index >= 15 is 0 Å². The molecule has 0 saturated carbocycles. The van der Waals surface area contributed by atoms with Gasteiger partial charge in [-0.2, -0.15) is 0 Å². The van der Waals surface area contributed by atoms with E-state index < -0.39 is 0 Å². The summed E-state index contributed by atoms with van der Waals surface area (Å²) in [6.45, 7) is 0. The molecule has 0 N–H and O–H groups in total. The van der Waals surface area contributed by atoms with E-state index in [0.29, 0.717) is 16.2 Å². The van der Waals surface area contributed by atoms with Gasteiger partial charge in [-0.25, -0.2) is 4.73 Å². The van der Waals surface area contributed by atoms with E-state index in [1.807, 2.05) is 36.4 Å². The highest BCUT2D eigenvalue weighted by Gasteiger charge is 2.30. The summed E-state index contributed by atoms with van der Waals surface area (Å²) in [6.07, 6.45) is 0. The Labute approximate surface area is 125 Å². The first kappa shape index (κ1) is 11.9. The molecule has 0 atom stereocenters. The van der Waals surface area contributed by atoms with Crippen LogP contribution in [0.15, 0.2) is 36.4 Å². The van der Waals surface area contributed by atoms with Crippen LogP contribution in [0.2, 0.25) is 5.02 Å². The molecule has 1 aromatic heterocycles. The first-order chi connectivity index (χ1) is 9.72. The minimum absolute atomic E-state index is 0.0508. The normalized spacial score (nSPS) is 11.9. The molecule has 3 nitrogen and oxygen atoms in total. The minimum atomic E-state index is 0.0508. The Morgan fingerprint density at radius 1 is 1.05 bits per heavy atom. The second-order valence-corrected chi connectivity index (χ2v) is 5.34. The highest BCUT2D eigenvalue weighted by Crippen LogP contribution is 2.46. The van der Waals surface area contributed by atoms with Gasteiger partial charge in [0.1, 0.15) is 11.6 Å². The zero-order valence-corrected chi connectivity index (χ0v) is 11.7. The Hall–Kier alpha value is -1.84. The van der Waals surface area contributed by atoms with Crippen LogP contribution in [0, 0.1) is 5.21 Å². The van der Waals surface area contributed by atoms with E-state index in [1.165, 1.54) is 0 Å². The lowest BCUT2D eigenvalue weighted by Crippen LogP contribution is -2.35. The molecule has 1 aliphatic rings. The van der Waals surface area contributed by atoms with Crippen molar-refractivity contribution in [1.29, 1.82) is 0 Å². The summed E-state index contributed by atoms with van der Waals surface area (Å²) < 4.78 is 0.820. The molecule has 0 amide bonds. The number of fused-ring (bicyclic) bond motifs is 3. The number of nitrogens with zero attached hydrogens (tertiary/aromatic N) is 2. The van der Waals surface area contributed by atoms with Crippen LogP contribution in [0.5, 0.6) is 0 Å². The summed E-state index contributed by atoms with van der Waals surface area (Å²) in [6, 6.07) is 11.5. The molecule has 3 aromatic rings. The molecule has 98 valence electrons. The fraction of sp³-hybridized carbons (Fsp3) is 0.0667. The minimum Gasteiger partial charge on any atom is -0.710 e. The van der Waals surface area contributed by atoms with Crippen molar-refractivity contribution < 1.29 is 4.73 Å². The smallest absolute Gasteiger partial charge is 0.317 e. The third kappa shape index (κ3) is 1.37. The molecule has 0 fully saturated rings. The van der Waals surface area contributed by atoms with Gasteiger partial charge in [-0.05, 0) is 22.2 Å². The van der Waals surface area contributed by atoms with Crippen LogP contribution in [0.1, 0.15) is 5.82 Å². The predicted molar refractivity (Wildman–Crippen MR) is 79.7 cm³/mol. The molecule has 4 rings (SSSR count). The molecular formula is C15H8Cl2N2O. The predicted octanol–water partition coefficient (Wildman–Crippen LogP) is 3.91. The van der Waals surface area contributed by atoms with E-state index in [0.717, 1.165) is 26.8 Å². The molecule has 0 aliphatic heterocycles. The summed E-state index contributed by atoms with van der Waals surface area (Å²) >= 11 is 12.1. The van der Waals surface area contributed by atoms with Crippen LogP contribution in [0.3, 0.4) is 0 Å². The summed E-state index contributed by atoms with van der Waals surface area (Å²) in [4.78, 5) is 4.32. The van der Waals surface area contributed by atoms with Gasteiger partial charge in [0.25, 0.3) is 0 Å².